The van der Waals surface area contributed by atoms with Crippen molar-refractivity contribution in [3.8, 4) is 5.75 Å². The summed E-state index contributed by atoms with van der Waals surface area (Å²) in [6.45, 7) is 0.467. The number of ether oxygens (including phenoxy) is 1. The van der Waals surface area contributed by atoms with Crippen LogP contribution in [0.2, 0.25) is 0 Å². The summed E-state index contributed by atoms with van der Waals surface area (Å²) in [7, 11) is 0. The summed E-state index contributed by atoms with van der Waals surface area (Å²) >= 11 is 0. The highest BCUT2D eigenvalue weighted by atomic mass is 16.5. The molecule has 0 atom stereocenters. The maximum absolute atomic E-state index is 11.0. The lowest BCUT2D eigenvalue weighted by Gasteiger charge is -2.08. The molecule has 0 aliphatic rings. The van der Waals surface area contributed by atoms with Crippen LogP contribution in [0.3, 0.4) is 0 Å². The molecule has 1 N–H and O–H groups in total. The highest BCUT2D eigenvalue weighted by Crippen LogP contribution is 2.18. The van der Waals surface area contributed by atoms with E-state index >= 15 is 0 Å². The molecule has 0 bridgehead atoms. The van der Waals surface area contributed by atoms with Gasteiger partial charge in [0.25, 0.3) is 0 Å². The highest BCUT2D eigenvalue weighted by Gasteiger charge is 2.09. The van der Waals surface area contributed by atoms with Crippen LogP contribution >= 0.6 is 0 Å². The van der Waals surface area contributed by atoms with Crippen LogP contribution in [0.15, 0.2) is 54.6 Å². The van der Waals surface area contributed by atoms with E-state index in [9.17, 15) is 4.79 Å². The Bertz CT molecular complexity index is 520. The molecule has 18 heavy (non-hydrogen) atoms. The number of carbonyl (C=O) groups is 1. The third-order valence-corrected chi connectivity index (χ3v) is 2.61. The van der Waals surface area contributed by atoms with Crippen LogP contribution in [0.1, 0.15) is 15.9 Å². The van der Waals surface area contributed by atoms with Crippen molar-refractivity contribution >= 4 is 5.97 Å². The largest absolute Gasteiger partial charge is 0.492 e. The van der Waals surface area contributed by atoms with Crippen LogP contribution in [0.4, 0.5) is 0 Å². The van der Waals surface area contributed by atoms with Gasteiger partial charge in [0, 0.05) is 6.42 Å². The fourth-order valence-corrected chi connectivity index (χ4v) is 1.69. The van der Waals surface area contributed by atoms with E-state index in [0.717, 1.165) is 6.42 Å². The Morgan fingerprint density at radius 3 is 2.39 bits per heavy atom. The zero-order valence-corrected chi connectivity index (χ0v) is 9.87. The first-order valence-corrected chi connectivity index (χ1v) is 5.76. The molecule has 2 aromatic rings. The number of hydrogen-bond acceptors (Lipinski definition) is 2. The molecule has 0 aliphatic carbocycles. The number of carboxylic acid groups (broad SMARTS) is 1. The molecule has 3 nitrogen and oxygen atoms in total. The average Bonchev–Trinajstić information content (AvgIpc) is 2.40. The number of para-hydroxylation sites is 1. The third kappa shape index (κ3) is 3.10. The number of aromatic carboxylic acids is 1. The van der Waals surface area contributed by atoms with Crippen molar-refractivity contribution < 1.29 is 14.6 Å². The summed E-state index contributed by atoms with van der Waals surface area (Å²) in [6.07, 6.45) is 0.759. The second-order valence-electron chi connectivity index (χ2n) is 3.89. The molecule has 0 amide bonds. The molecule has 92 valence electrons. The Labute approximate surface area is 106 Å². The van der Waals surface area contributed by atoms with Gasteiger partial charge >= 0.3 is 5.97 Å². The number of hydrogen-bond donors (Lipinski definition) is 1. The van der Waals surface area contributed by atoms with E-state index in [1.54, 1.807) is 24.3 Å². The second kappa shape index (κ2) is 5.87. The Morgan fingerprint density at radius 2 is 1.67 bits per heavy atom. The lowest BCUT2D eigenvalue weighted by molar-refractivity contribution is 0.0692. The van der Waals surface area contributed by atoms with Crippen LogP contribution < -0.4 is 4.74 Å². The van der Waals surface area contributed by atoms with Crippen molar-refractivity contribution in [3.63, 3.8) is 0 Å². The summed E-state index contributed by atoms with van der Waals surface area (Å²) < 4.78 is 5.52. The topological polar surface area (TPSA) is 46.5 Å². The van der Waals surface area contributed by atoms with Crippen LogP contribution in [0.5, 0.6) is 5.75 Å². The van der Waals surface area contributed by atoms with Crippen molar-refractivity contribution in [2.75, 3.05) is 6.61 Å². The van der Waals surface area contributed by atoms with E-state index in [-0.39, 0.29) is 5.56 Å². The van der Waals surface area contributed by atoms with Crippen molar-refractivity contribution in [1.82, 2.24) is 0 Å². The van der Waals surface area contributed by atoms with Crippen molar-refractivity contribution in [1.29, 1.82) is 0 Å². The predicted octanol–water partition coefficient (Wildman–Crippen LogP) is 3.01. The van der Waals surface area contributed by atoms with Gasteiger partial charge in [0.15, 0.2) is 0 Å². The quantitative estimate of drug-likeness (QED) is 0.876. The van der Waals surface area contributed by atoms with Gasteiger partial charge in [-0.3, -0.25) is 0 Å². The van der Waals surface area contributed by atoms with Gasteiger partial charge in [-0.25, -0.2) is 4.79 Å². The van der Waals surface area contributed by atoms with Crippen molar-refractivity contribution in [2.45, 2.75) is 6.42 Å². The van der Waals surface area contributed by atoms with Crippen LogP contribution in [0, 0.1) is 0 Å². The lowest BCUT2D eigenvalue weighted by Crippen LogP contribution is -2.06. The molecule has 0 aliphatic heterocycles. The summed E-state index contributed by atoms with van der Waals surface area (Å²) in [5.74, 6) is -0.550. The number of rotatable bonds is 5. The standard InChI is InChI=1S/C15H14O3/c16-15(17)13-8-4-5-9-14(13)18-11-10-12-6-2-1-3-7-12/h1-9H,10-11H2,(H,16,17). The Morgan fingerprint density at radius 1 is 1.00 bits per heavy atom. The molecule has 0 aromatic heterocycles. The van der Waals surface area contributed by atoms with Crippen LogP contribution in [0.25, 0.3) is 0 Å². The van der Waals surface area contributed by atoms with Gasteiger partial charge in [-0.15, -0.1) is 0 Å². The van der Waals surface area contributed by atoms with Crippen molar-refractivity contribution in [2.24, 2.45) is 0 Å². The first-order chi connectivity index (χ1) is 8.77. The smallest absolute Gasteiger partial charge is 0.339 e. The first kappa shape index (κ1) is 12.2. The summed E-state index contributed by atoms with van der Waals surface area (Å²) in [5.41, 5.74) is 1.37. The van der Waals surface area contributed by atoms with E-state index < -0.39 is 5.97 Å². The lowest BCUT2D eigenvalue weighted by atomic mass is 10.1. The monoisotopic (exact) mass is 242 g/mol. The van der Waals surface area contributed by atoms with Gasteiger partial charge in [0.2, 0.25) is 0 Å². The van der Waals surface area contributed by atoms with Crippen molar-refractivity contribution in [3.05, 3.63) is 65.7 Å². The van der Waals surface area contributed by atoms with E-state index in [1.807, 2.05) is 30.3 Å². The normalized spacial score (nSPS) is 10.0. The van der Waals surface area contributed by atoms with Crippen LogP contribution in [-0.4, -0.2) is 17.7 Å². The summed E-state index contributed by atoms with van der Waals surface area (Å²) in [6, 6.07) is 16.6. The molecule has 0 saturated carbocycles. The Hall–Kier alpha value is -2.29. The fourth-order valence-electron chi connectivity index (χ4n) is 1.69. The minimum absolute atomic E-state index is 0.200. The zero-order valence-electron chi connectivity index (χ0n) is 9.87. The number of benzene rings is 2. The minimum Gasteiger partial charge on any atom is -0.492 e. The summed E-state index contributed by atoms with van der Waals surface area (Å²) in [4.78, 5) is 11.0. The van der Waals surface area contributed by atoms with E-state index in [0.29, 0.717) is 12.4 Å². The van der Waals surface area contributed by atoms with Gasteiger partial charge in [-0.05, 0) is 17.7 Å². The fraction of sp³-hybridized carbons (Fsp3) is 0.133. The average molecular weight is 242 g/mol. The van der Waals surface area contributed by atoms with E-state index in [1.165, 1.54) is 5.56 Å². The van der Waals surface area contributed by atoms with Gasteiger partial charge in [-0.1, -0.05) is 42.5 Å². The molecular weight excluding hydrogens is 228 g/mol. The molecule has 0 spiro atoms. The molecule has 0 heterocycles. The molecule has 3 heteroatoms. The maximum Gasteiger partial charge on any atom is 0.339 e. The molecule has 2 aromatic carbocycles. The van der Waals surface area contributed by atoms with Gasteiger partial charge in [0.1, 0.15) is 11.3 Å². The first-order valence-electron chi connectivity index (χ1n) is 5.76. The van der Waals surface area contributed by atoms with E-state index in [2.05, 4.69) is 0 Å². The van der Waals surface area contributed by atoms with Gasteiger partial charge in [0.05, 0.1) is 6.61 Å². The zero-order chi connectivity index (χ0) is 12.8. The van der Waals surface area contributed by atoms with Crippen LogP contribution in [-0.2, 0) is 6.42 Å². The van der Waals surface area contributed by atoms with E-state index in [4.69, 9.17) is 9.84 Å². The number of carboxylic acids is 1. The highest BCUT2D eigenvalue weighted by molar-refractivity contribution is 5.90. The molecule has 2 rings (SSSR count). The summed E-state index contributed by atoms with van der Waals surface area (Å²) in [5, 5.41) is 9.00. The Kier molecular flexibility index (Phi) is 3.97. The SMILES string of the molecule is O=C(O)c1ccccc1OCCc1ccccc1. The molecule has 0 radical (unpaired) electrons. The molecule has 0 saturated heterocycles. The maximum atomic E-state index is 11.0. The Balaban J connectivity index is 1.97. The predicted molar refractivity (Wildman–Crippen MR) is 69.0 cm³/mol. The second-order valence-corrected chi connectivity index (χ2v) is 3.89. The third-order valence-electron chi connectivity index (χ3n) is 2.61. The minimum atomic E-state index is -0.967. The molecule has 0 unspecified atom stereocenters. The van der Waals surface area contributed by atoms with Gasteiger partial charge in [-0.2, -0.15) is 0 Å². The molecule has 0 fully saturated rings. The van der Waals surface area contributed by atoms with Gasteiger partial charge < -0.3 is 9.84 Å². The molecular formula is C15H14O3.